The molecule has 0 aliphatic heterocycles. The maximum atomic E-state index is 11.8. The van der Waals surface area contributed by atoms with Gasteiger partial charge in [0.15, 0.2) is 0 Å². The summed E-state index contributed by atoms with van der Waals surface area (Å²) in [5, 5.41) is 5.58. The molecule has 0 amide bonds. The highest BCUT2D eigenvalue weighted by Gasteiger charge is 2.22. The third-order valence-electron chi connectivity index (χ3n) is 4.76. The van der Waals surface area contributed by atoms with Gasteiger partial charge in [-0.1, -0.05) is 24.9 Å². The summed E-state index contributed by atoms with van der Waals surface area (Å²) in [6, 6.07) is 6.05. The van der Waals surface area contributed by atoms with Crippen LogP contribution in [0.2, 0.25) is 5.02 Å². The monoisotopic (exact) mass is 348 g/mol. The minimum absolute atomic E-state index is 0.125. The number of H-pyrrole nitrogens is 1. The molecule has 0 atom stereocenters. The van der Waals surface area contributed by atoms with Crippen molar-refractivity contribution in [3.63, 3.8) is 0 Å². The number of aromatic amines is 1. The second kappa shape index (κ2) is 8.04. The van der Waals surface area contributed by atoms with Gasteiger partial charge in [0.25, 0.3) is 5.56 Å². The van der Waals surface area contributed by atoms with Crippen LogP contribution in [0.5, 0.6) is 5.75 Å². The molecule has 130 valence electrons. The molecule has 1 fully saturated rings. The molecule has 1 aromatic carbocycles. The number of hydrogen-bond donors (Lipinski definition) is 2. The molecule has 5 heteroatoms. The fourth-order valence-electron chi connectivity index (χ4n) is 3.33. The van der Waals surface area contributed by atoms with E-state index in [1.54, 1.807) is 12.3 Å². The minimum atomic E-state index is -0.125. The molecule has 1 saturated carbocycles. The van der Waals surface area contributed by atoms with E-state index in [2.05, 4.69) is 17.2 Å². The van der Waals surface area contributed by atoms with Crippen molar-refractivity contribution in [3.8, 4) is 5.75 Å². The van der Waals surface area contributed by atoms with Crippen LogP contribution in [-0.2, 0) is 0 Å². The van der Waals surface area contributed by atoms with E-state index < -0.39 is 0 Å². The Bertz CT molecular complexity index is 736. The molecule has 4 nitrogen and oxygen atoms in total. The molecular formula is C19H25ClN2O2. The lowest BCUT2D eigenvalue weighted by atomic mass is 9.93. The summed E-state index contributed by atoms with van der Waals surface area (Å²) in [5.74, 6) is 0.678. The molecule has 2 aromatic rings. The van der Waals surface area contributed by atoms with Gasteiger partial charge < -0.3 is 15.0 Å². The van der Waals surface area contributed by atoms with Crippen LogP contribution in [0, 0.1) is 0 Å². The zero-order valence-electron chi connectivity index (χ0n) is 14.1. The fraction of sp³-hybridized carbons (Fsp3) is 0.526. The van der Waals surface area contributed by atoms with Gasteiger partial charge in [-0.2, -0.15) is 0 Å². The Kier molecular flexibility index (Phi) is 5.80. The summed E-state index contributed by atoms with van der Waals surface area (Å²) >= 11 is 6.32. The number of hydrogen-bond acceptors (Lipinski definition) is 3. The van der Waals surface area contributed by atoms with Gasteiger partial charge in [0.05, 0.1) is 11.1 Å². The van der Waals surface area contributed by atoms with E-state index in [1.807, 2.05) is 12.1 Å². The maximum absolute atomic E-state index is 11.8. The van der Waals surface area contributed by atoms with Crippen molar-refractivity contribution < 1.29 is 4.74 Å². The topological polar surface area (TPSA) is 54.1 Å². The van der Waals surface area contributed by atoms with Crippen LogP contribution in [0.4, 0.5) is 0 Å². The summed E-state index contributed by atoms with van der Waals surface area (Å²) in [4.78, 5) is 14.5. The van der Waals surface area contributed by atoms with Crippen molar-refractivity contribution in [2.75, 3.05) is 6.54 Å². The largest absolute Gasteiger partial charge is 0.489 e. The van der Waals surface area contributed by atoms with Gasteiger partial charge in [-0.05, 0) is 62.2 Å². The van der Waals surface area contributed by atoms with Gasteiger partial charge in [0.2, 0.25) is 0 Å². The van der Waals surface area contributed by atoms with E-state index in [1.165, 1.54) is 12.8 Å². The van der Waals surface area contributed by atoms with Crippen molar-refractivity contribution in [2.45, 2.75) is 57.6 Å². The van der Waals surface area contributed by atoms with E-state index in [0.29, 0.717) is 22.2 Å². The van der Waals surface area contributed by atoms with Crippen LogP contribution in [0.3, 0.4) is 0 Å². The van der Waals surface area contributed by atoms with Crippen molar-refractivity contribution >= 4 is 22.4 Å². The average Bonchev–Trinajstić information content (AvgIpc) is 2.58. The molecule has 0 unspecified atom stereocenters. The fourth-order valence-corrected chi connectivity index (χ4v) is 3.53. The standard InChI is InChI=1S/C19H25ClN2O2/c1-2-3-9-21-14-4-6-15(7-5-14)24-18-11-13-8-10-22-19(23)16(13)12-17(18)20/h8,10-12,14-15,21H,2-7,9H2,1H3,(H,22,23)/t14-,15+. The predicted octanol–water partition coefficient (Wildman–Crippen LogP) is 4.26. The molecule has 1 aromatic heterocycles. The maximum Gasteiger partial charge on any atom is 0.255 e. The number of benzene rings is 1. The van der Waals surface area contributed by atoms with Gasteiger partial charge in [0.1, 0.15) is 5.75 Å². The minimum Gasteiger partial charge on any atom is -0.489 e. The zero-order valence-corrected chi connectivity index (χ0v) is 14.9. The van der Waals surface area contributed by atoms with Crippen molar-refractivity contribution in [2.24, 2.45) is 0 Å². The quantitative estimate of drug-likeness (QED) is 0.767. The number of aromatic nitrogens is 1. The first kappa shape index (κ1) is 17.3. The van der Waals surface area contributed by atoms with Crippen LogP contribution in [-0.4, -0.2) is 23.7 Å². The molecule has 0 spiro atoms. The number of fused-ring (bicyclic) bond motifs is 1. The molecule has 0 radical (unpaired) electrons. The summed E-state index contributed by atoms with van der Waals surface area (Å²) < 4.78 is 6.14. The number of rotatable bonds is 6. The van der Waals surface area contributed by atoms with Crippen LogP contribution >= 0.6 is 11.6 Å². The molecule has 2 N–H and O–H groups in total. The Balaban J connectivity index is 1.62. The van der Waals surface area contributed by atoms with Crippen LogP contribution in [0.1, 0.15) is 45.4 Å². The average molecular weight is 349 g/mol. The zero-order chi connectivity index (χ0) is 16.9. The van der Waals surface area contributed by atoms with E-state index >= 15 is 0 Å². The second-order valence-electron chi connectivity index (χ2n) is 6.58. The Morgan fingerprint density at radius 3 is 2.83 bits per heavy atom. The molecule has 1 heterocycles. The Morgan fingerprint density at radius 1 is 1.29 bits per heavy atom. The summed E-state index contributed by atoms with van der Waals surface area (Å²) in [6.07, 6.45) is 8.66. The number of unbranched alkanes of at least 4 members (excludes halogenated alkanes) is 1. The Labute approximate surface area is 147 Å². The Hall–Kier alpha value is -1.52. The van der Waals surface area contributed by atoms with E-state index in [9.17, 15) is 4.79 Å². The van der Waals surface area contributed by atoms with Gasteiger partial charge in [0, 0.05) is 17.6 Å². The lowest BCUT2D eigenvalue weighted by Crippen LogP contribution is -2.36. The van der Waals surface area contributed by atoms with Gasteiger partial charge in [-0.15, -0.1) is 0 Å². The molecule has 1 aliphatic carbocycles. The van der Waals surface area contributed by atoms with Crippen molar-refractivity contribution in [3.05, 3.63) is 39.8 Å². The first-order valence-corrected chi connectivity index (χ1v) is 9.26. The van der Waals surface area contributed by atoms with Crippen LogP contribution in [0.15, 0.2) is 29.2 Å². The van der Waals surface area contributed by atoms with Gasteiger partial charge in [-0.3, -0.25) is 4.79 Å². The lowest BCUT2D eigenvalue weighted by molar-refractivity contribution is 0.140. The van der Waals surface area contributed by atoms with Crippen LogP contribution in [0.25, 0.3) is 10.8 Å². The summed E-state index contributed by atoms with van der Waals surface area (Å²) in [7, 11) is 0. The number of pyridine rings is 1. The highest BCUT2D eigenvalue weighted by atomic mass is 35.5. The molecule has 0 saturated heterocycles. The number of nitrogens with one attached hydrogen (secondary N) is 2. The number of ether oxygens (including phenoxy) is 1. The van der Waals surface area contributed by atoms with Crippen molar-refractivity contribution in [1.29, 1.82) is 0 Å². The lowest BCUT2D eigenvalue weighted by Gasteiger charge is -2.30. The number of halogens is 1. The molecule has 0 bridgehead atoms. The summed E-state index contributed by atoms with van der Waals surface area (Å²) in [6.45, 7) is 3.32. The first-order valence-electron chi connectivity index (χ1n) is 8.88. The Morgan fingerprint density at radius 2 is 2.08 bits per heavy atom. The molecule has 24 heavy (non-hydrogen) atoms. The van der Waals surface area contributed by atoms with E-state index in [-0.39, 0.29) is 11.7 Å². The van der Waals surface area contributed by atoms with E-state index in [0.717, 1.165) is 37.6 Å². The summed E-state index contributed by atoms with van der Waals surface area (Å²) in [5.41, 5.74) is -0.125. The SMILES string of the molecule is CCCCN[C@H]1CC[C@@H](Oc2cc3cc[nH]c(=O)c3cc2Cl)CC1. The van der Waals surface area contributed by atoms with Gasteiger partial charge >= 0.3 is 0 Å². The molecule has 3 rings (SSSR count). The van der Waals surface area contributed by atoms with Gasteiger partial charge in [-0.25, -0.2) is 0 Å². The molecule has 1 aliphatic rings. The third-order valence-corrected chi connectivity index (χ3v) is 5.05. The first-order chi connectivity index (χ1) is 11.7. The highest BCUT2D eigenvalue weighted by Crippen LogP contribution is 2.32. The van der Waals surface area contributed by atoms with E-state index in [4.69, 9.17) is 16.3 Å². The normalized spacial score (nSPS) is 21.1. The van der Waals surface area contributed by atoms with Crippen molar-refractivity contribution in [1.82, 2.24) is 10.3 Å². The predicted molar refractivity (Wildman–Crippen MR) is 99.2 cm³/mol. The highest BCUT2D eigenvalue weighted by molar-refractivity contribution is 6.32. The third kappa shape index (κ3) is 4.11. The second-order valence-corrected chi connectivity index (χ2v) is 6.98. The molecular weight excluding hydrogens is 324 g/mol. The smallest absolute Gasteiger partial charge is 0.255 e. The van der Waals surface area contributed by atoms with Crippen LogP contribution < -0.4 is 15.6 Å².